The van der Waals surface area contributed by atoms with Crippen LogP contribution in [0.25, 0.3) is 10.6 Å². The van der Waals surface area contributed by atoms with Crippen LogP contribution in [0.15, 0.2) is 28.7 Å². The molecule has 0 aromatic carbocycles. The number of aryl methyl sites for hydroxylation is 1. The molecule has 1 amide bonds. The summed E-state index contributed by atoms with van der Waals surface area (Å²) in [5, 5.41) is 11.5. The van der Waals surface area contributed by atoms with Gasteiger partial charge in [0, 0.05) is 0 Å². The number of rotatable bonds is 4. The Labute approximate surface area is 120 Å². The minimum absolute atomic E-state index is 0.406. The zero-order valence-electron chi connectivity index (χ0n) is 11.4. The predicted molar refractivity (Wildman–Crippen MR) is 75.9 cm³/mol. The molecule has 0 saturated heterocycles. The van der Waals surface area contributed by atoms with Gasteiger partial charge in [0.15, 0.2) is 0 Å². The second kappa shape index (κ2) is 5.13. The summed E-state index contributed by atoms with van der Waals surface area (Å²) in [4.78, 5) is 24.3. The summed E-state index contributed by atoms with van der Waals surface area (Å²) in [6, 6.07) is 7.13. The fourth-order valence-corrected chi connectivity index (χ4v) is 2.42. The highest BCUT2D eigenvalue weighted by atomic mass is 32.1. The average molecular weight is 293 g/mol. The van der Waals surface area contributed by atoms with Crippen molar-refractivity contribution >= 4 is 23.2 Å². The molecule has 0 radical (unpaired) electrons. The number of carboxylic acids is 1. The van der Waals surface area contributed by atoms with Crippen LogP contribution >= 0.6 is 11.3 Å². The summed E-state index contributed by atoms with van der Waals surface area (Å²) < 4.78 is 5.49. The molecule has 2 aromatic heterocycles. The third kappa shape index (κ3) is 2.91. The molecule has 0 spiro atoms. The maximum absolute atomic E-state index is 12.0. The Bertz CT molecular complexity index is 654. The number of carbonyl (C=O) groups is 2. The summed E-state index contributed by atoms with van der Waals surface area (Å²) in [5.41, 5.74) is -1.30. The first-order chi connectivity index (χ1) is 9.29. The van der Waals surface area contributed by atoms with Crippen LogP contribution in [0, 0.1) is 6.92 Å². The number of hydrogen-bond acceptors (Lipinski definition) is 4. The maximum Gasteiger partial charge on any atom is 0.328 e. The second-order valence-corrected chi connectivity index (χ2v) is 6.04. The quantitative estimate of drug-likeness (QED) is 0.908. The zero-order chi connectivity index (χ0) is 14.9. The molecule has 20 heavy (non-hydrogen) atoms. The van der Waals surface area contributed by atoms with E-state index in [4.69, 9.17) is 9.52 Å². The largest absolute Gasteiger partial charge is 0.480 e. The van der Waals surface area contributed by atoms with Crippen LogP contribution in [-0.4, -0.2) is 22.5 Å². The van der Waals surface area contributed by atoms with Gasteiger partial charge in [0.2, 0.25) is 0 Å². The van der Waals surface area contributed by atoms with Gasteiger partial charge >= 0.3 is 5.97 Å². The molecule has 5 nitrogen and oxygen atoms in total. The molecule has 0 bridgehead atoms. The molecular weight excluding hydrogens is 278 g/mol. The van der Waals surface area contributed by atoms with Gasteiger partial charge in [-0.05, 0) is 45.0 Å². The van der Waals surface area contributed by atoms with E-state index in [0.29, 0.717) is 10.6 Å². The number of aliphatic carboxylic acids is 1. The number of carbonyl (C=O) groups excluding carboxylic acids is 1. The highest BCUT2D eigenvalue weighted by molar-refractivity contribution is 7.17. The van der Waals surface area contributed by atoms with Crippen molar-refractivity contribution in [2.75, 3.05) is 0 Å². The van der Waals surface area contributed by atoms with E-state index in [-0.39, 0.29) is 0 Å². The molecule has 2 heterocycles. The summed E-state index contributed by atoms with van der Waals surface area (Å²) in [6.45, 7) is 4.73. The first kappa shape index (κ1) is 14.3. The lowest BCUT2D eigenvalue weighted by Gasteiger charge is -2.20. The molecule has 0 aliphatic heterocycles. The molecule has 0 atom stereocenters. The van der Waals surface area contributed by atoms with E-state index in [1.165, 1.54) is 25.2 Å². The van der Waals surface area contributed by atoms with Gasteiger partial charge in [-0.15, -0.1) is 11.3 Å². The van der Waals surface area contributed by atoms with Crippen molar-refractivity contribution in [3.8, 4) is 10.6 Å². The van der Waals surface area contributed by atoms with E-state index in [2.05, 4.69) is 5.32 Å². The van der Waals surface area contributed by atoms with E-state index in [0.717, 1.165) is 10.6 Å². The molecule has 0 unspecified atom stereocenters. The first-order valence-corrected chi connectivity index (χ1v) is 6.84. The van der Waals surface area contributed by atoms with Crippen LogP contribution < -0.4 is 5.32 Å². The number of amides is 1. The van der Waals surface area contributed by atoms with Crippen molar-refractivity contribution < 1.29 is 19.1 Å². The van der Waals surface area contributed by atoms with E-state index >= 15 is 0 Å². The molecule has 2 N–H and O–H groups in total. The normalized spacial score (nSPS) is 11.3. The summed E-state index contributed by atoms with van der Waals surface area (Å²) in [6.07, 6.45) is 0. The Morgan fingerprint density at radius 1 is 1.25 bits per heavy atom. The van der Waals surface area contributed by atoms with Crippen LogP contribution in [0.2, 0.25) is 0 Å². The minimum atomic E-state index is -1.30. The Morgan fingerprint density at radius 2 is 1.95 bits per heavy atom. The summed E-state index contributed by atoms with van der Waals surface area (Å²) in [5.74, 6) is 0.0108. The standard InChI is InChI=1S/C14H15NO4S/c1-8-4-5-9(19-8)10-6-7-11(20-10)12(16)15-14(2,3)13(17)18/h4-7H,1-3H3,(H,15,16)(H,17,18). The topological polar surface area (TPSA) is 79.5 Å². The molecular formula is C14H15NO4S. The Hall–Kier alpha value is -2.08. The molecule has 0 aliphatic rings. The van der Waals surface area contributed by atoms with Gasteiger partial charge in [0.1, 0.15) is 17.1 Å². The van der Waals surface area contributed by atoms with Gasteiger partial charge in [-0.1, -0.05) is 0 Å². The maximum atomic E-state index is 12.0. The monoisotopic (exact) mass is 293 g/mol. The molecule has 2 rings (SSSR count). The van der Waals surface area contributed by atoms with Crippen molar-refractivity contribution in [1.82, 2.24) is 5.32 Å². The van der Waals surface area contributed by atoms with E-state index < -0.39 is 17.4 Å². The lowest BCUT2D eigenvalue weighted by atomic mass is 10.1. The predicted octanol–water partition coefficient (Wildman–Crippen LogP) is 2.91. The van der Waals surface area contributed by atoms with Crippen molar-refractivity contribution in [3.05, 3.63) is 34.9 Å². The molecule has 0 fully saturated rings. The second-order valence-electron chi connectivity index (χ2n) is 4.96. The minimum Gasteiger partial charge on any atom is -0.480 e. The molecule has 6 heteroatoms. The van der Waals surface area contributed by atoms with Gasteiger partial charge < -0.3 is 14.8 Å². The van der Waals surface area contributed by atoms with Crippen LogP contribution in [0.5, 0.6) is 0 Å². The third-order valence-electron chi connectivity index (χ3n) is 2.77. The highest BCUT2D eigenvalue weighted by Gasteiger charge is 2.29. The SMILES string of the molecule is Cc1ccc(-c2ccc(C(=O)NC(C)(C)C(=O)O)s2)o1. The summed E-state index contributed by atoms with van der Waals surface area (Å²) >= 11 is 1.26. The van der Waals surface area contributed by atoms with E-state index in [1.807, 2.05) is 19.1 Å². The number of nitrogens with one attached hydrogen (secondary N) is 1. The number of furan rings is 1. The van der Waals surface area contributed by atoms with E-state index in [9.17, 15) is 9.59 Å². The Balaban J connectivity index is 2.17. The number of hydrogen-bond donors (Lipinski definition) is 2. The third-order valence-corrected chi connectivity index (χ3v) is 3.87. The fraction of sp³-hybridized carbons (Fsp3) is 0.286. The van der Waals surface area contributed by atoms with Crippen molar-refractivity contribution in [1.29, 1.82) is 0 Å². The van der Waals surface area contributed by atoms with E-state index in [1.54, 1.807) is 12.1 Å². The van der Waals surface area contributed by atoms with Gasteiger partial charge in [0.05, 0.1) is 9.75 Å². The number of thiophene rings is 1. The molecule has 0 saturated carbocycles. The molecule has 106 valence electrons. The Kier molecular flexibility index (Phi) is 3.67. The van der Waals surface area contributed by atoms with Gasteiger partial charge in [-0.2, -0.15) is 0 Å². The number of carboxylic acid groups (broad SMARTS) is 1. The van der Waals surface area contributed by atoms with Crippen LogP contribution in [0.1, 0.15) is 29.3 Å². The van der Waals surface area contributed by atoms with Crippen molar-refractivity contribution in [3.63, 3.8) is 0 Å². The van der Waals surface area contributed by atoms with Crippen molar-refractivity contribution in [2.24, 2.45) is 0 Å². The lowest BCUT2D eigenvalue weighted by molar-refractivity contribution is -0.143. The van der Waals surface area contributed by atoms with Crippen LogP contribution in [0.3, 0.4) is 0 Å². The molecule has 0 aliphatic carbocycles. The summed E-state index contributed by atoms with van der Waals surface area (Å²) in [7, 11) is 0. The lowest BCUT2D eigenvalue weighted by Crippen LogP contribution is -2.49. The van der Waals surface area contributed by atoms with Crippen LogP contribution in [0.4, 0.5) is 0 Å². The fourth-order valence-electron chi connectivity index (χ4n) is 1.56. The zero-order valence-corrected chi connectivity index (χ0v) is 12.2. The first-order valence-electron chi connectivity index (χ1n) is 6.02. The van der Waals surface area contributed by atoms with Crippen LogP contribution in [-0.2, 0) is 4.79 Å². The average Bonchev–Trinajstić information content (AvgIpc) is 2.96. The Morgan fingerprint density at radius 3 is 2.50 bits per heavy atom. The van der Waals surface area contributed by atoms with Gasteiger partial charge in [0.25, 0.3) is 5.91 Å². The van der Waals surface area contributed by atoms with Gasteiger partial charge in [-0.3, -0.25) is 4.79 Å². The van der Waals surface area contributed by atoms with Gasteiger partial charge in [-0.25, -0.2) is 4.79 Å². The highest BCUT2D eigenvalue weighted by Crippen LogP contribution is 2.29. The molecule has 2 aromatic rings. The van der Waals surface area contributed by atoms with Crippen molar-refractivity contribution in [2.45, 2.75) is 26.3 Å². The smallest absolute Gasteiger partial charge is 0.328 e.